The van der Waals surface area contributed by atoms with E-state index in [1.54, 1.807) is 7.11 Å². The van der Waals surface area contributed by atoms with Crippen molar-refractivity contribution in [2.75, 3.05) is 13.7 Å². The summed E-state index contributed by atoms with van der Waals surface area (Å²) in [5.41, 5.74) is 3.16. The molecule has 2 rings (SSSR count). The van der Waals surface area contributed by atoms with E-state index in [0.717, 1.165) is 35.4 Å². The molecule has 0 amide bonds. The van der Waals surface area contributed by atoms with Crippen LogP contribution >= 0.6 is 0 Å². The van der Waals surface area contributed by atoms with E-state index >= 15 is 0 Å². The number of piperidine rings is 1. The first-order chi connectivity index (χ1) is 8.63. The molecule has 1 aliphatic rings. The number of rotatable bonds is 3. The molecule has 1 aliphatic heterocycles. The summed E-state index contributed by atoms with van der Waals surface area (Å²) >= 11 is 0. The molecule has 18 heavy (non-hydrogen) atoms. The van der Waals surface area contributed by atoms with Gasteiger partial charge >= 0.3 is 0 Å². The zero-order valence-corrected chi connectivity index (χ0v) is 11.5. The third-order valence-corrected chi connectivity index (χ3v) is 3.76. The standard InChI is InChI=1S/C15H23NO2/c1-10-8-12(9-11(2)15(10)18-3)14(17)13-6-4-5-7-16-13/h8-9,13-14,16-17H,4-7H2,1-3H3. The van der Waals surface area contributed by atoms with E-state index < -0.39 is 6.10 Å². The van der Waals surface area contributed by atoms with E-state index in [0.29, 0.717) is 0 Å². The SMILES string of the molecule is COc1c(C)cc(C(O)C2CCCCN2)cc1C. The Morgan fingerprint density at radius 2 is 1.94 bits per heavy atom. The van der Waals surface area contributed by atoms with Crippen LogP contribution in [0.25, 0.3) is 0 Å². The highest BCUT2D eigenvalue weighted by Gasteiger charge is 2.23. The van der Waals surface area contributed by atoms with E-state index in [1.165, 1.54) is 12.8 Å². The lowest BCUT2D eigenvalue weighted by Crippen LogP contribution is -2.38. The molecule has 0 aliphatic carbocycles. The van der Waals surface area contributed by atoms with Crippen LogP contribution in [0.2, 0.25) is 0 Å². The molecular weight excluding hydrogens is 226 g/mol. The number of aryl methyl sites for hydroxylation is 2. The van der Waals surface area contributed by atoms with Crippen molar-refractivity contribution in [3.8, 4) is 5.75 Å². The molecule has 0 aromatic heterocycles. The van der Waals surface area contributed by atoms with Gasteiger partial charge in [0.25, 0.3) is 0 Å². The van der Waals surface area contributed by atoms with Gasteiger partial charge < -0.3 is 15.2 Å². The van der Waals surface area contributed by atoms with Gasteiger partial charge in [-0.05, 0) is 62.1 Å². The highest BCUT2D eigenvalue weighted by molar-refractivity contribution is 5.44. The second-order valence-corrected chi connectivity index (χ2v) is 5.19. The van der Waals surface area contributed by atoms with Crippen molar-refractivity contribution >= 4 is 0 Å². The van der Waals surface area contributed by atoms with Crippen LogP contribution < -0.4 is 10.1 Å². The van der Waals surface area contributed by atoms with Gasteiger partial charge in [-0.15, -0.1) is 0 Å². The van der Waals surface area contributed by atoms with Gasteiger partial charge in [0, 0.05) is 6.04 Å². The molecule has 2 atom stereocenters. The monoisotopic (exact) mass is 249 g/mol. The molecule has 1 saturated heterocycles. The first-order valence-corrected chi connectivity index (χ1v) is 6.70. The average Bonchev–Trinajstić information content (AvgIpc) is 2.38. The van der Waals surface area contributed by atoms with Gasteiger partial charge in [-0.3, -0.25) is 0 Å². The fourth-order valence-electron chi connectivity index (χ4n) is 2.86. The highest BCUT2D eigenvalue weighted by atomic mass is 16.5. The fraction of sp³-hybridized carbons (Fsp3) is 0.600. The van der Waals surface area contributed by atoms with Crippen molar-refractivity contribution < 1.29 is 9.84 Å². The second kappa shape index (κ2) is 5.72. The minimum atomic E-state index is -0.423. The van der Waals surface area contributed by atoms with Crippen molar-refractivity contribution in [2.24, 2.45) is 0 Å². The van der Waals surface area contributed by atoms with Crippen LogP contribution in [0.3, 0.4) is 0 Å². The molecule has 1 fully saturated rings. The summed E-state index contributed by atoms with van der Waals surface area (Å²) in [6, 6.07) is 4.26. The maximum Gasteiger partial charge on any atom is 0.124 e. The smallest absolute Gasteiger partial charge is 0.124 e. The summed E-state index contributed by atoms with van der Waals surface area (Å²) in [4.78, 5) is 0. The molecule has 2 N–H and O–H groups in total. The lowest BCUT2D eigenvalue weighted by molar-refractivity contribution is 0.113. The number of nitrogens with one attached hydrogen (secondary N) is 1. The molecule has 2 unspecified atom stereocenters. The second-order valence-electron chi connectivity index (χ2n) is 5.19. The van der Waals surface area contributed by atoms with Crippen LogP contribution in [0, 0.1) is 13.8 Å². The summed E-state index contributed by atoms with van der Waals surface area (Å²) in [5.74, 6) is 0.919. The lowest BCUT2D eigenvalue weighted by atomic mass is 9.93. The quantitative estimate of drug-likeness (QED) is 0.864. The number of aliphatic hydroxyl groups is 1. The number of benzene rings is 1. The maximum absolute atomic E-state index is 10.5. The molecule has 3 heteroatoms. The van der Waals surface area contributed by atoms with Crippen molar-refractivity contribution in [1.82, 2.24) is 5.32 Å². The molecule has 1 aromatic carbocycles. The Balaban J connectivity index is 2.22. The Kier molecular flexibility index (Phi) is 4.25. The Bertz CT molecular complexity index is 388. The first-order valence-electron chi connectivity index (χ1n) is 6.70. The van der Waals surface area contributed by atoms with E-state index in [2.05, 4.69) is 5.32 Å². The Labute approximate surface area is 109 Å². The van der Waals surface area contributed by atoms with Crippen LogP contribution in [0.15, 0.2) is 12.1 Å². The normalized spacial score (nSPS) is 21.7. The van der Waals surface area contributed by atoms with Crippen LogP contribution in [0.4, 0.5) is 0 Å². The van der Waals surface area contributed by atoms with Crippen molar-refractivity contribution in [1.29, 1.82) is 0 Å². The van der Waals surface area contributed by atoms with Gasteiger partial charge in [-0.2, -0.15) is 0 Å². The topological polar surface area (TPSA) is 41.5 Å². The molecule has 3 nitrogen and oxygen atoms in total. The molecule has 1 heterocycles. The van der Waals surface area contributed by atoms with Crippen LogP contribution in [-0.4, -0.2) is 24.8 Å². The van der Waals surface area contributed by atoms with Crippen molar-refractivity contribution in [3.63, 3.8) is 0 Å². The molecule has 1 aromatic rings. The molecule has 0 spiro atoms. The largest absolute Gasteiger partial charge is 0.496 e. The number of hydrogen-bond donors (Lipinski definition) is 2. The minimum absolute atomic E-state index is 0.186. The summed E-state index contributed by atoms with van der Waals surface area (Å²) in [6.45, 7) is 5.06. The third kappa shape index (κ3) is 2.68. The summed E-state index contributed by atoms with van der Waals surface area (Å²) < 4.78 is 5.36. The van der Waals surface area contributed by atoms with E-state index in [4.69, 9.17) is 4.74 Å². The number of aliphatic hydroxyl groups excluding tert-OH is 1. The van der Waals surface area contributed by atoms with Crippen LogP contribution in [-0.2, 0) is 0 Å². The van der Waals surface area contributed by atoms with E-state index in [-0.39, 0.29) is 6.04 Å². The molecule has 100 valence electrons. The molecular formula is C15H23NO2. The number of hydrogen-bond acceptors (Lipinski definition) is 3. The third-order valence-electron chi connectivity index (χ3n) is 3.76. The lowest BCUT2D eigenvalue weighted by Gasteiger charge is -2.28. The molecule has 0 radical (unpaired) electrons. The zero-order valence-electron chi connectivity index (χ0n) is 11.5. The van der Waals surface area contributed by atoms with Gasteiger partial charge in [0.05, 0.1) is 13.2 Å². The number of ether oxygens (including phenoxy) is 1. The summed E-state index contributed by atoms with van der Waals surface area (Å²) in [7, 11) is 1.69. The summed E-state index contributed by atoms with van der Waals surface area (Å²) in [5, 5.41) is 13.9. The van der Waals surface area contributed by atoms with Gasteiger partial charge in [0.15, 0.2) is 0 Å². The minimum Gasteiger partial charge on any atom is -0.496 e. The van der Waals surface area contributed by atoms with Crippen LogP contribution in [0.1, 0.15) is 42.1 Å². The van der Waals surface area contributed by atoms with Gasteiger partial charge in [0.1, 0.15) is 5.75 Å². The Morgan fingerprint density at radius 3 is 2.44 bits per heavy atom. The Morgan fingerprint density at radius 1 is 1.28 bits per heavy atom. The average molecular weight is 249 g/mol. The van der Waals surface area contributed by atoms with E-state index in [9.17, 15) is 5.11 Å². The van der Waals surface area contributed by atoms with Crippen molar-refractivity contribution in [3.05, 3.63) is 28.8 Å². The van der Waals surface area contributed by atoms with Gasteiger partial charge in [0.2, 0.25) is 0 Å². The van der Waals surface area contributed by atoms with Gasteiger partial charge in [-0.25, -0.2) is 0 Å². The number of methoxy groups -OCH3 is 1. The fourth-order valence-corrected chi connectivity index (χ4v) is 2.86. The van der Waals surface area contributed by atoms with Crippen LogP contribution in [0.5, 0.6) is 5.75 Å². The first kappa shape index (κ1) is 13.4. The predicted octanol–water partition coefficient (Wildman–Crippen LogP) is 2.49. The predicted molar refractivity (Wildman–Crippen MR) is 73.1 cm³/mol. The molecule has 0 bridgehead atoms. The highest BCUT2D eigenvalue weighted by Crippen LogP contribution is 2.30. The zero-order chi connectivity index (χ0) is 13.1. The maximum atomic E-state index is 10.5. The summed E-state index contributed by atoms with van der Waals surface area (Å²) in [6.07, 6.45) is 3.03. The molecule has 0 saturated carbocycles. The van der Waals surface area contributed by atoms with Gasteiger partial charge in [-0.1, -0.05) is 6.42 Å². The van der Waals surface area contributed by atoms with Crippen molar-refractivity contribution in [2.45, 2.75) is 45.3 Å². The Hall–Kier alpha value is -1.06. The van der Waals surface area contributed by atoms with E-state index in [1.807, 2.05) is 26.0 Å².